The van der Waals surface area contributed by atoms with Gasteiger partial charge in [0.05, 0.1) is 35.8 Å². The zero-order chi connectivity index (χ0) is 29.9. The first kappa shape index (κ1) is 29.2. The molecule has 2 aromatic carbocycles. The van der Waals surface area contributed by atoms with E-state index in [1.54, 1.807) is 24.7 Å². The van der Waals surface area contributed by atoms with Gasteiger partial charge in [0.1, 0.15) is 12.0 Å². The van der Waals surface area contributed by atoms with Crippen molar-refractivity contribution in [2.24, 2.45) is 4.99 Å². The molecule has 0 radical (unpaired) electrons. The number of aromatic nitrogens is 4. The number of pyridine rings is 1. The van der Waals surface area contributed by atoms with Crippen molar-refractivity contribution in [3.63, 3.8) is 0 Å². The number of nitrogens with zero attached hydrogens (tertiary/aromatic N) is 5. The Bertz CT molecular complexity index is 1680. The number of fused-ring (bicyclic) bond motifs is 1. The van der Waals surface area contributed by atoms with Crippen LogP contribution in [0.5, 0.6) is 0 Å². The third-order valence-corrected chi connectivity index (χ3v) is 12.5. The second kappa shape index (κ2) is 11.9. The predicted octanol–water partition coefficient (Wildman–Crippen LogP) is 7.81. The van der Waals surface area contributed by atoms with Gasteiger partial charge >= 0.3 is 0 Å². The monoisotopic (exact) mass is 575 g/mol. The maximum atomic E-state index is 13.9. The molecule has 7 nitrogen and oxygen atoms in total. The normalized spacial score (nSPS) is 12.7. The number of carbonyl (C=O) groups is 1. The molecule has 3 heterocycles. The summed E-state index contributed by atoms with van der Waals surface area (Å²) in [5.41, 5.74) is 5.05. The molecule has 8 heteroatoms. The van der Waals surface area contributed by atoms with Crippen molar-refractivity contribution >= 4 is 36.5 Å². The minimum absolute atomic E-state index is 0.0218. The van der Waals surface area contributed by atoms with Crippen molar-refractivity contribution in [3.8, 4) is 0 Å². The van der Waals surface area contributed by atoms with E-state index in [1.807, 2.05) is 71.4 Å². The van der Waals surface area contributed by atoms with Crippen LogP contribution in [0.4, 0.5) is 5.69 Å². The molecule has 0 aliphatic rings. The molecule has 0 aliphatic heterocycles. The van der Waals surface area contributed by atoms with E-state index in [0.717, 1.165) is 16.8 Å². The smallest absolute Gasteiger partial charge is 0.196 e. The fraction of sp³-hybridized carbons (Fsp3) is 0.265. The molecule has 3 aromatic heterocycles. The number of aliphatic imine (C=N–C) groups is 1. The maximum Gasteiger partial charge on any atom is 0.196 e. The Kier molecular flexibility index (Phi) is 8.29. The van der Waals surface area contributed by atoms with Gasteiger partial charge < -0.3 is 8.99 Å². The molecule has 5 rings (SSSR count). The lowest BCUT2D eigenvalue weighted by Gasteiger charge is -2.37. The third kappa shape index (κ3) is 6.15. The van der Waals surface area contributed by atoms with E-state index in [-0.39, 0.29) is 16.9 Å². The Hall–Kier alpha value is -4.27. The average molecular weight is 576 g/mol. The summed E-state index contributed by atoms with van der Waals surface area (Å²) in [5, 5.41) is 0.806. The molecule has 0 amide bonds. The number of hydrogen-bond acceptors (Lipinski definition) is 6. The minimum Gasteiger partial charge on any atom is -0.415 e. The molecule has 1 atom stereocenters. The van der Waals surface area contributed by atoms with Gasteiger partial charge in [-0.25, -0.2) is 15.0 Å². The summed E-state index contributed by atoms with van der Waals surface area (Å²) in [4.78, 5) is 32.1. The molecule has 42 heavy (non-hydrogen) atoms. The van der Waals surface area contributed by atoms with E-state index in [1.165, 1.54) is 6.33 Å². The first-order chi connectivity index (χ1) is 20.0. The van der Waals surface area contributed by atoms with Crippen LogP contribution in [0.2, 0.25) is 18.1 Å². The van der Waals surface area contributed by atoms with Crippen LogP contribution in [-0.4, -0.2) is 45.9 Å². The van der Waals surface area contributed by atoms with Gasteiger partial charge in [0.25, 0.3) is 0 Å². The van der Waals surface area contributed by atoms with Crippen molar-refractivity contribution < 1.29 is 9.22 Å². The molecule has 0 spiro atoms. The summed E-state index contributed by atoms with van der Waals surface area (Å²) in [7, 11) is -1.94. The zero-order valence-electron chi connectivity index (χ0n) is 25.1. The molecule has 0 bridgehead atoms. The quantitative estimate of drug-likeness (QED) is 0.102. The van der Waals surface area contributed by atoms with Crippen LogP contribution < -0.4 is 0 Å². The summed E-state index contributed by atoms with van der Waals surface area (Å²) in [6, 6.07) is 21.8. The van der Waals surface area contributed by atoms with E-state index in [4.69, 9.17) is 9.42 Å². The Balaban J connectivity index is 1.49. The number of benzene rings is 2. The highest BCUT2D eigenvalue weighted by Crippen LogP contribution is 2.37. The Morgan fingerprint density at radius 3 is 2.19 bits per heavy atom. The number of carbonyl (C=O) groups excluding carboxylic acids is 1. The summed E-state index contributed by atoms with van der Waals surface area (Å²) >= 11 is 0. The molecule has 0 saturated heterocycles. The maximum absolute atomic E-state index is 13.9. The fourth-order valence-electron chi connectivity index (χ4n) is 4.52. The Morgan fingerprint density at radius 2 is 1.57 bits per heavy atom. The van der Waals surface area contributed by atoms with E-state index < -0.39 is 8.32 Å². The van der Waals surface area contributed by atoms with E-state index in [2.05, 4.69) is 55.7 Å². The molecule has 214 valence electrons. The van der Waals surface area contributed by atoms with Crippen LogP contribution >= 0.6 is 0 Å². The van der Waals surface area contributed by atoms with Gasteiger partial charge in [-0.15, -0.1) is 0 Å². The van der Waals surface area contributed by atoms with Crippen LogP contribution in [0.25, 0.3) is 11.0 Å². The van der Waals surface area contributed by atoms with Gasteiger partial charge in [0.15, 0.2) is 14.1 Å². The van der Waals surface area contributed by atoms with Crippen molar-refractivity contribution in [2.75, 3.05) is 6.61 Å². The number of hydrogen-bond donors (Lipinski definition) is 0. The van der Waals surface area contributed by atoms with Crippen LogP contribution in [-0.2, 0) is 4.43 Å². The lowest BCUT2D eigenvalue weighted by molar-refractivity contribution is 0.103. The Labute approximate surface area is 248 Å². The van der Waals surface area contributed by atoms with Crippen LogP contribution in [0.3, 0.4) is 0 Å². The summed E-state index contributed by atoms with van der Waals surface area (Å²) in [5.74, 6) is -0.156. The van der Waals surface area contributed by atoms with Crippen LogP contribution in [0.15, 0.2) is 103 Å². The topological polar surface area (TPSA) is 82.3 Å². The van der Waals surface area contributed by atoms with Gasteiger partial charge in [-0.2, -0.15) is 0 Å². The number of ketones is 1. The molecule has 0 unspecified atom stereocenters. The molecule has 0 fully saturated rings. The summed E-state index contributed by atoms with van der Waals surface area (Å²) in [6.45, 7) is 13.8. The van der Waals surface area contributed by atoms with Crippen molar-refractivity contribution in [1.82, 2.24) is 19.5 Å². The lowest BCUT2D eigenvalue weighted by atomic mass is 10.0. The van der Waals surface area contributed by atoms with Gasteiger partial charge in [0, 0.05) is 40.7 Å². The largest absolute Gasteiger partial charge is 0.415 e. The van der Waals surface area contributed by atoms with E-state index in [0.29, 0.717) is 34.5 Å². The second-order valence-corrected chi connectivity index (χ2v) is 16.9. The highest BCUT2D eigenvalue weighted by atomic mass is 28.4. The zero-order valence-corrected chi connectivity index (χ0v) is 26.1. The standard InChI is InChI=1S/C34H37N5O2Si/c1-24(22-41-42(5,6)34(2,3)4)39-21-30(29-20-36-23-37-33(29)39)32(40)27-17-28(19-35-18-27)38-31(25-13-9-7-10-14-25)26-15-11-8-12-16-26/h7-21,23-24H,22H2,1-6H3/t24-/m0/s1. The van der Waals surface area contributed by atoms with Gasteiger partial charge in [-0.1, -0.05) is 81.4 Å². The van der Waals surface area contributed by atoms with Gasteiger partial charge in [-0.3, -0.25) is 9.78 Å². The van der Waals surface area contributed by atoms with Crippen molar-refractivity contribution in [2.45, 2.75) is 51.9 Å². The highest BCUT2D eigenvalue weighted by molar-refractivity contribution is 6.74. The molecule has 0 aliphatic carbocycles. The average Bonchev–Trinajstić information content (AvgIpc) is 3.39. The lowest BCUT2D eigenvalue weighted by Crippen LogP contribution is -2.41. The second-order valence-electron chi connectivity index (χ2n) is 12.1. The van der Waals surface area contributed by atoms with Gasteiger partial charge in [-0.05, 0) is 31.1 Å². The SMILES string of the molecule is C[C@@H](CO[Si](C)(C)C(C)(C)C)n1cc(C(=O)c2cncc(N=C(c3ccccc3)c3ccccc3)c2)c2cncnc21. The van der Waals surface area contributed by atoms with E-state index in [9.17, 15) is 4.79 Å². The molecule has 0 saturated carbocycles. The first-order valence-corrected chi connectivity index (χ1v) is 17.1. The highest BCUT2D eigenvalue weighted by Gasteiger charge is 2.37. The predicted molar refractivity (Wildman–Crippen MR) is 171 cm³/mol. The molecular weight excluding hydrogens is 538 g/mol. The first-order valence-electron chi connectivity index (χ1n) is 14.2. The third-order valence-electron chi connectivity index (χ3n) is 8.03. The minimum atomic E-state index is -1.94. The molecule has 0 N–H and O–H groups in total. The fourth-order valence-corrected chi connectivity index (χ4v) is 5.61. The molecule has 5 aromatic rings. The number of rotatable bonds is 9. The summed E-state index contributed by atoms with van der Waals surface area (Å²) < 4.78 is 8.53. The molecular formula is C34H37N5O2Si. The Morgan fingerprint density at radius 1 is 0.929 bits per heavy atom. The van der Waals surface area contributed by atoms with Crippen molar-refractivity contribution in [3.05, 3.63) is 120 Å². The van der Waals surface area contributed by atoms with Gasteiger partial charge in [0.2, 0.25) is 0 Å². The van der Waals surface area contributed by atoms with Crippen molar-refractivity contribution in [1.29, 1.82) is 0 Å². The summed E-state index contributed by atoms with van der Waals surface area (Å²) in [6.07, 6.45) is 8.35. The van der Waals surface area contributed by atoms with E-state index >= 15 is 0 Å². The van der Waals surface area contributed by atoms with Crippen LogP contribution in [0.1, 0.15) is 60.8 Å². The van der Waals surface area contributed by atoms with Crippen LogP contribution in [0, 0.1) is 0 Å².